The molecule has 0 spiro atoms. The van der Waals surface area contributed by atoms with Crippen LogP contribution in [0.5, 0.6) is 5.75 Å². The third-order valence-corrected chi connectivity index (χ3v) is 10.2. The van der Waals surface area contributed by atoms with Gasteiger partial charge < -0.3 is 4.74 Å². The standard InChI is InChI=1S/C42H29N3OS/c1-42(2)35-25-29(20-22-30(35)31-16-9-10-19-36(31)46-42)28-21-23-37-34(24-28)32-17-11-18-33(38(32)47-37)41-44-39(26-12-5-3-6-13-26)43-40(45-41)27-14-7-4-8-15-27/h3-25H,1-2H3. The molecule has 0 bridgehead atoms. The molecule has 2 aromatic heterocycles. The summed E-state index contributed by atoms with van der Waals surface area (Å²) in [5.41, 5.74) is 8.42. The Morgan fingerprint density at radius 2 is 1.11 bits per heavy atom. The number of thiophene rings is 1. The van der Waals surface area contributed by atoms with Crippen LogP contribution in [0, 0.1) is 0 Å². The highest BCUT2D eigenvalue weighted by Crippen LogP contribution is 2.47. The van der Waals surface area contributed by atoms with Crippen molar-refractivity contribution in [2.75, 3.05) is 0 Å². The van der Waals surface area contributed by atoms with Crippen molar-refractivity contribution in [3.8, 4) is 62.2 Å². The predicted octanol–water partition coefficient (Wildman–Crippen LogP) is 11.2. The summed E-state index contributed by atoms with van der Waals surface area (Å²) in [6.07, 6.45) is 0. The van der Waals surface area contributed by atoms with Crippen LogP contribution < -0.4 is 4.74 Å². The van der Waals surface area contributed by atoms with Gasteiger partial charge in [-0.25, -0.2) is 15.0 Å². The minimum Gasteiger partial charge on any atom is -0.482 e. The zero-order chi connectivity index (χ0) is 31.5. The SMILES string of the molecule is CC1(C)Oc2ccccc2-c2ccc(-c3ccc4sc5c(-c6nc(-c7ccccc7)nc(-c7ccccc7)n6)cccc5c4c3)cc21. The molecule has 0 fully saturated rings. The molecule has 0 aliphatic carbocycles. The quantitative estimate of drug-likeness (QED) is 0.196. The molecule has 0 saturated heterocycles. The highest BCUT2D eigenvalue weighted by atomic mass is 32.1. The molecule has 0 N–H and O–H groups in total. The second-order valence-electron chi connectivity index (χ2n) is 12.4. The summed E-state index contributed by atoms with van der Waals surface area (Å²) in [7, 11) is 0. The zero-order valence-corrected chi connectivity index (χ0v) is 26.8. The van der Waals surface area contributed by atoms with Crippen LogP contribution in [0.25, 0.3) is 76.6 Å². The van der Waals surface area contributed by atoms with Crippen LogP contribution in [0.15, 0.2) is 140 Å². The van der Waals surface area contributed by atoms with Gasteiger partial charge in [0.05, 0.1) is 0 Å². The zero-order valence-electron chi connectivity index (χ0n) is 25.9. The maximum absolute atomic E-state index is 6.47. The van der Waals surface area contributed by atoms with Crippen molar-refractivity contribution in [2.24, 2.45) is 0 Å². The van der Waals surface area contributed by atoms with Crippen LogP contribution in [-0.4, -0.2) is 15.0 Å². The molecule has 1 aliphatic heterocycles. The number of hydrogen-bond acceptors (Lipinski definition) is 5. The Hall–Kier alpha value is -5.65. The van der Waals surface area contributed by atoms with Crippen molar-refractivity contribution in [1.82, 2.24) is 15.0 Å². The van der Waals surface area contributed by atoms with Crippen molar-refractivity contribution in [1.29, 1.82) is 0 Å². The Balaban J connectivity index is 1.18. The average Bonchev–Trinajstić information content (AvgIpc) is 3.50. The van der Waals surface area contributed by atoms with Gasteiger partial charge in [0.2, 0.25) is 0 Å². The molecule has 3 heterocycles. The lowest BCUT2D eigenvalue weighted by Gasteiger charge is -2.35. The summed E-state index contributed by atoms with van der Waals surface area (Å²) in [5, 5.41) is 2.42. The maximum Gasteiger partial charge on any atom is 0.165 e. The second-order valence-corrected chi connectivity index (χ2v) is 13.5. The van der Waals surface area contributed by atoms with Gasteiger partial charge in [-0.3, -0.25) is 0 Å². The number of benzene rings is 6. The first-order valence-corrected chi connectivity index (χ1v) is 16.6. The van der Waals surface area contributed by atoms with Crippen molar-refractivity contribution in [3.63, 3.8) is 0 Å². The number of rotatable bonds is 4. The highest BCUT2D eigenvalue weighted by Gasteiger charge is 2.32. The van der Waals surface area contributed by atoms with Gasteiger partial charge in [0, 0.05) is 48.0 Å². The summed E-state index contributed by atoms with van der Waals surface area (Å²) < 4.78 is 8.86. The van der Waals surface area contributed by atoms with E-state index in [1.54, 1.807) is 11.3 Å². The van der Waals surface area contributed by atoms with E-state index in [0.29, 0.717) is 17.5 Å². The van der Waals surface area contributed by atoms with E-state index in [1.807, 2.05) is 66.7 Å². The molecule has 0 radical (unpaired) electrons. The first-order valence-electron chi connectivity index (χ1n) is 15.8. The van der Waals surface area contributed by atoms with E-state index < -0.39 is 5.60 Å². The summed E-state index contributed by atoms with van der Waals surface area (Å²) >= 11 is 1.78. The largest absolute Gasteiger partial charge is 0.482 e. The van der Waals surface area contributed by atoms with E-state index in [1.165, 1.54) is 42.4 Å². The molecule has 4 nitrogen and oxygen atoms in total. The minimum atomic E-state index is -0.435. The summed E-state index contributed by atoms with van der Waals surface area (Å²) in [6.45, 7) is 4.30. The number of ether oxygens (including phenoxy) is 1. The monoisotopic (exact) mass is 623 g/mol. The van der Waals surface area contributed by atoms with Gasteiger partial charge >= 0.3 is 0 Å². The Labute approximate surface area is 277 Å². The lowest BCUT2D eigenvalue weighted by Crippen LogP contribution is -2.29. The molecule has 9 rings (SSSR count). The molecule has 47 heavy (non-hydrogen) atoms. The van der Waals surface area contributed by atoms with E-state index in [9.17, 15) is 0 Å². The molecule has 8 aromatic rings. The van der Waals surface area contributed by atoms with E-state index in [0.717, 1.165) is 28.0 Å². The molecular weight excluding hydrogens is 595 g/mol. The van der Waals surface area contributed by atoms with Crippen LogP contribution in [0.1, 0.15) is 19.4 Å². The average molecular weight is 624 g/mol. The first kappa shape index (κ1) is 27.6. The number of para-hydroxylation sites is 1. The minimum absolute atomic E-state index is 0.435. The fraction of sp³-hybridized carbons (Fsp3) is 0.0714. The Bertz CT molecular complexity index is 2410. The number of nitrogens with zero attached hydrogens (tertiary/aromatic N) is 3. The van der Waals surface area contributed by atoms with Gasteiger partial charge in [-0.15, -0.1) is 11.3 Å². The predicted molar refractivity (Wildman–Crippen MR) is 194 cm³/mol. The van der Waals surface area contributed by atoms with Crippen LogP contribution in [0.2, 0.25) is 0 Å². The number of fused-ring (bicyclic) bond motifs is 6. The third-order valence-electron chi connectivity index (χ3n) is 8.98. The maximum atomic E-state index is 6.47. The van der Waals surface area contributed by atoms with Crippen molar-refractivity contribution in [3.05, 3.63) is 145 Å². The third kappa shape index (κ3) is 4.70. The smallest absolute Gasteiger partial charge is 0.165 e. The van der Waals surface area contributed by atoms with Gasteiger partial charge in [0.15, 0.2) is 17.5 Å². The first-order chi connectivity index (χ1) is 23.0. The van der Waals surface area contributed by atoms with Gasteiger partial charge in [0.25, 0.3) is 0 Å². The Morgan fingerprint density at radius 1 is 0.489 bits per heavy atom. The second kappa shape index (κ2) is 10.7. The summed E-state index contributed by atoms with van der Waals surface area (Å²) in [5.74, 6) is 2.94. The molecule has 0 saturated carbocycles. The number of hydrogen-bond donors (Lipinski definition) is 0. The molecule has 1 aliphatic rings. The lowest BCUT2D eigenvalue weighted by molar-refractivity contribution is 0.106. The number of aromatic nitrogens is 3. The molecular formula is C42H29N3OS. The van der Waals surface area contributed by atoms with Gasteiger partial charge in [-0.2, -0.15) is 0 Å². The van der Waals surface area contributed by atoms with Crippen molar-refractivity contribution in [2.45, 2.75) is 19.4 Å². The van der Waals surface area contributed by atoms with E-state index in [-0.39, 0.29) is 0 Å². The summed E-state index contributed by atoms with van der Waals surface area (Å²) in [4.78, 5) is 14.9. The van der Waals surface area contributed by atoms with E-state index in [2.05, 4.69) is 86.6 Å². The van der Waals surface area contributed by atoms with Gasteiger partial charge in [-0.05, 0) is 60.9 Å². The highest BCUT2D eigenvalue weighted by molar-refractivity contribution is 7.26. The van der Waals surface area contributed by atoms with Crippen molar-refractivity contribution >= 4 is 31.5 Å². The fourth-order valence-corrected chi connectivity index (χ4v) is 7.84. The molecule has 0 amide bonds. The molecule has 0 unspecified atom stereocenters. The van der Waals surface area contributed by atoms with Crippen LogP contribution in [-0.2, 0) is 5.60 Å². The van der Waals surface area contributed by atoms with E-state index in [4.69, 9.17) is 19.7 Å². The topological polar surface area (TPSA) is 47.9 Å². The van der Waals surface area contributed by atoms with Crippen LogP contribution >= 0.6 is 11.3 Å². The lowest BCUT2D eigenvalue weighted by atomic mass is 9.84. The Kier molecular flexibility index (Phi) is 6.30. The van der Waals surface area contributed by atoms with Gasteiger partial charge in [-0.1, -0.05) is 109 Å². The van der Waals surface area contributed by atoms with E-state index >= 15 is 0 Å². The normalized spacial score (nSPS) is 13.2. The van der Waals surface area contributed by atoms with Gasteiger partial charge in [0.1, 0.15) is 11.4 Å². The van der Waals surface area contributed by atoms with Crippen LogP contribution in [0.3, 0.4) is 0 Å². The molecule has 5 heteroatoms. The van der Waals surface area contributed by atoms with Crippen LogP contribution in [0.4, 0.5) is 0 Å². The molecule has 6 aromatic carbocycles. The van der Waals surface area contributed by atoms with Crippen molar-refractivity contribution < 1.29 is 4.74 Å². The molecule has 0 atom stereocenters. The summed E-state index contributed by atoms with van der Waals surface area (Å²) in [6, 6.07) is 48.6. The Morgan fingerprint density at radius 3 is 1.85 bits per heavy atom. The molecule has 224 valence electrons. The fourth-order valence-electron chi connectivity index (χ4n) is 6.65.